The van der Waals surface area contributed by atoms with Gasteiger partial charge in [0.1, 0.15) is 29.8 Å². The van der Waals surface area contributed by atoms with E-state index in [4.69, 9.17) is 14.2 Å². The molecule has 2 aliphatic heterocycles. The lowest BCUT2D eigenvalue weighted by Crippen LogP contribution is -2.37. The van der Waals surface area contributed by atoms with Gasteiger partial charge < -0.3 is 24.1 Å². The van der Waals surface area contributed by atoms with Crippen molar-refractivity contribution in [2.45, 2.75) is 57.3 Å². The van der Waals surface area contributed by atoms with Gasteiger partial charge in [-0.05, 0) is 56.4 Å². The quantitative estimate of drug-likeness (QED) is 0.638. The van der Waals surface area contributed by atoms with Crippen molar-refractivity contribution in [1.82, 2.24) is 14.9 Å². The number of amides is 1. The number of nitrogens with zero attached hydrogens (tertiary/aromatic N) is 2. The minimum atomic E-state index is -0.218. The maximum atomic E-state index is 13.7. The molecule has 1 aliphatic carbocycles. The summed E-state index contributed by atoms with van der Waals surface area (Å²) < 4.78 is 18.6. The molecule has 0 bridgehead atoms. The summed E-state index contributed by atoms with van der Waals surface area (Å²) >= 11 is 0. The smallest absolute Gasteiger partial charge is 0.261 e. The number of benzene rings is 1. The SMILES string of the molecule is Cc1cc2c(c(OC3CCCC3)c1)C(=O)N1C[C@@H](Oc3cc4[nH]c(=O)ccc4cn3)C[C@@H]1CO2. The van der Waals surface area contributed by atoms with Crippen LogP contribution in [0.3, 0.4) is 0 Å². The number of hydrogen-bond acceptors (Lipinski definition) is 6. The number of aromatic amines is 1. The number of pyridine rings is 2. The van der Waals surface area contributed by atoms with Gasteiger partial charge in [0, 0.05) is 30.1 Å². The molecule has 3 aromatic rings. The highest BCUT2D eigenvalue weighted by Crippen LogP contribution is 2.38. The van der Waals surface area contributed by atoms with Crippen LogP contribution in [0, 0.1) is 6.92 Å². The van der Waals surface area contributed by atoms with Crippen LogP contribution < -0.4 is 19.8 Å². The van der Waals surface area contributed by atoms with E-state index < -0.39 is 0 Å². The number of aryl methyl sites for hydroxylation is 1. The second kappa shape index (κ2) is 8.34. The third-order valence-electron chi connectivity index (χ3n) is 6.96. The van der Waals surface area contributed by atoms with E-state index in [-0.39, 0.29) is 29.7 Å². The molecule has 34 heavy (non-hydrogen) atoms. The van der Waals surface area contributed by atoms with E-state index in [9.17, 15) is 9.59 Å². The average Bonchev–Trinajstić information content (AvgIpc) is 3.44. The van der Waals surface area contributed by atoms with Crippen molar-refractivity contribution in [3.05, 3.63) is 58.0 Å². The lowest BCUT2D eigenvalue weighted by molar-refractivity contribution is 0.0708. The first-order chi connectivity index (χ1) is 16.5. The molecule has 0 radical (unpaired) electrons. The van der Waals surface area contributed by atoms with Gasteiger partial charge in [-0.1, -0.05) is 0 Å². The van der Waals surface area contributed by atoms with Crippen LogP contribution in [-0.4, -0.2) is 52.2 Å². The molecule has 8 nitrogen and oxygen atoms in total. The van der Waals surface area contributed by atoms with Crippen LogP contribution in [0.25, 0.3) is 10.9 Å². The van der Waals surface area contributed by atoms with Crippen molar-refractivity contribution < 1.29 is 19.0 Å². The zero-order valence-corrected chi connectivity index (χ0v) is 19.1. The maximum Gasteiger partial charge on any atom is 0.261 e. The Balaban J connectivity index is 1.24. The Morgan fingerprint density at radius 2 is 1.94 bits per heavy atom. The van der Waals surface area contributed by atoms with Crippen molar-refractivity contribution in [2.75, 3.05) is 13.2 Å². The number of carbonyl (C=O) groups is 1. The van der Waals surface area contributed by atoms with E-state index in [1.165, 1.54) is 6.07 Å². The Morgan fingerprint density at radius 3 is 2.79 bits per heavy atom. The van der Waals surface area contributed by atoms with Crippen LogP contribution >= 0.6 is 0 Å². The number of ether oxygens (including phenoxy) is 3. The molecule has 3 aliphatic rings. The van der Waals surface area contributed by atoms with E-state index in [1.54, 1.807) is 18.3 Å². The average molecular weight is 462 g/mol. The van der Waals surface area contributed by atoms with Crippen molar-refractivity contribution in [1.29, 1.82) is 0 Å². The third kappa shape index (κ3) is 3.87. The molecule has 1 saturated heterocycles. The first kappa shape index (κ1) is 21.0. The predicted octanol–water partition coefficient (Wildman–Crippen LogP) is 3.61. The minimum absolute atomic E-state index is 0.0765. The lowest BCUT2D eigenvalue weighted by atomic mass is 10.1. The fraction of sp³-hybridized carbons (Fsp3) is 0.423. The summed E-state index contributed by atoms with van der Waals surface area (Å²) in [4.78, 5) is 34.4. The molecule has 2 aromatic heterocycles. The Bertz CT molecular complexity index is 1310. The summed E-state index contributed by atoms with van der Waals surface area (Å²) in [5.74, 6) is 1.57. The van der Waals surface area contributed by atoms with Crippen LogP contribution in [0.2, 0.25) is 0 Å². The summed E-state index contributed by atoms with van der Waals surface area (Å²) in [6.45, 7) is 2.84. The first-order valence-corrected chi connectivity index (χ1v) is 11.9. The molecule has 176 valence electrons. The van der Waals surface area contributed by atoms with Gasteiger partial charge in [-0.2, -0.15) is 0 Å². The fourth-order valence-corrected chi connectivity index (χ4v) is 5.28. The highest BCUT2D eigenvalue weighted by Gasteiger charge is 2.42. The topological polar surface area (TPSA) is 93.8 Å². The second-order valence-electron chi connectivity index (χ2n) is 9.49. The fourth-order valence-electron chi connectivity index (χ4n) is 5.28. The largest absolute Gasteiger partial charge is 0.490 e. The monoisotopic (exact) mass is 461 g/mol. The Morgan fingerprint density at radius 1 is 1.09 bits per heavy atom. The van der Waals surface area contributed by atoms with Gasteiger partial charge in [0.2, 0.25) is 11.4 Å². The minimum Gasteiger partial charge on any atom is -0.490 e. The summed E-state index contributed by atoms with van der Waals surface area (Å²) in [6.07, 6.45) is 6.60. The summed E-state index contributed by atoms with van der Waals surface area (Å²) in [5, 5.41) is 0.831. The molecule has 1 saturated carbocycles. The Kier molecular flexibility index (Phi) is 5.16. The van der Waals surface area contributed by atoms with Crippen molar-refractivity contribution in [3.8, 4) is 17.4 Å². The number of H-pyrrole nitrogens is 1. The number of carbonyl (C=O) groups excluding carboxylic acids is 1. The Hall–Kier alpha value is -3.55. The molecule has 0 unspecified atom stereocenters. The van der Waals surface area contributed by atoms with E-state index in [0.717, 1.165) is 36.6 Å². The molecule has 2 fully saturated rings. The standard InChI is InChI=1S/C26H27N3O5/c1-15-8-21-25(22(9-15)33-18-4-2-3-5-18)26(31)29-13-19(10-17(29)14-32-21)34-24-11-20-16(12-27-24)6-7-23(30)28-20/h6-9,11-12,17-19H,2-5,10,13-14H2,1H3,(H,28,30)/t17-,19+/m1/s1. The highest BCUT2D eigenvalue weighted by molar-refractivity contribution is 6.00. The molecular formula is C26H27N3O5. The molecule has 2 atom stereocenters. The molecule has 6 rings (SSSR count). The van der Waals surface area contributed by atoms with Gasteiger partial charge in [-0.3, -0.25) is 9.59 Å². The van der Waals surface area contributed by atoms with Gasteiger partial charge in [0.25, 0.3) is 5.91 Å². The number of hydrogen-bond donors (Lipinski definition) is 1. The first-order valence-electron chi connectivity index (χ1n) is 11.9. The maximum absolute atomic E-state index is 13.7. The number of fused-ring (bicyclic) bond motifs is 3. The zero-order chi connectivity index (χ0) is 23.2. The van der Waals surface area contributed by atoms with Crippen molar-refractivity contribution in [2.24, 2.45) is 0 Å². The summed E-state index contributed by atoms with van der Waals surface area (Å²) in [6, 6.07) is 8.70. The van der Waals surface area contributed by atoms with E-state index in [1.807, 2.05) is 24.0 Å². The number of aromatic nitrogens is 2. The summed E-state index contributed by atoms with van der Waals surface area (Å²) in [7, 11) is 0. The van der Waals surface area contributed by atoms with Gasteiger partial charge in [-0.15, -0.1) is 0 Å². The normalized spacial score (nSPS) is 22.3. The third-order valence-corrected chi connectivity index (χ3v) is 6.96. The second-order valence-corrected chi connectivity index (χ2v) is 9.49. The van der Waals surface area contributed by atoms with Crippen molar-refractivity contribution in [3.63, 3.8) is 0 Å². The molecule has 1 amide bonds. The van der Waals surface area contributed by atoms with Gasteiger partial charge >= 0.3 is 0 Å². The number of rotatable bonds is 4. The zero-order valence-electron chi connectivity index (χ0n) is 19.1. The van der Waals surface area contributed by atoms with Gasteiger partial charge in [0.05, 0.1) is 24.2 Å². The van der Waals surface area contributed by atoms with E-state index in [2.05, 4.69) is 9.97 Å². The van der Waals surface area contributed by atoms with E-state index in [0.29, 0.717) is 48.0 Å². The predicted molar refractivity (Wildman–Crippen MR) is 126 cm³/mol. The molecule has 8 heteroatoms. The lowest BCUT2D eigenvalue weighted by Gasteiger charge is -2.22. The van der Waals surface area contributed by atoms with Crippen LogP contribution in [0.1, 0.15) is 48.0 Å². The summed E-state index contributed by atoms with van der Waals surface area (Å²) in [5.41, 5.74) is 2.03. The van der Waals surface area contributed by atoms with E-state index >= 15 is 0 Å². The van der Waals surface area contributed by atoms with Crippen LogP contribution in [0.4, 0.5) is 0 Å². The highest BCUT2D eigenvalue weighted by atomic mass is 16.5. The molecule has 4 heterocycles. The van der Waals surface area contributed by atoms with Crippen molar-refractivity contribution >= 4 is 16.8 Å². The van der Waals surface area contributed by atoms with Crippen LogP contribution in [-0.2, 0) is 0 Å². The molecule has 1 N–H and O–H groups in total. The van der Waals surface area contributed by atoms with Gasteiger partial charge in [0.15, 0.2) is 0 Å². The van der Waals surface area contributed by atoms with Crippen LogP contribution in [0.5, 0.6) is 17.4 Å². The Labute approximate surface area is 196 Å². The number of nitrogens with one attached hydrogen (secondary N) is 1. The molecule has 0 spiro atoms. The molecule has 1 aromatic carbocycles. The van der Waals surface area contributed by atoms with Gasteiger partial charge in [-0.25, -0.2) is 4.98 Å². The molecular weight excluding hydrogens is 434 g/mol. The van der Waals surface area contributed by atoms with Crippen LogP contribution in [0.15, 0.2) is 41.3 Å².